The molecule has 0 aromatic heterocycles. The van der Waals surface area contributed by atoms with Gasteiger partial charge >= 0.3 is 0 Å². The van der Waals surface area contributed by atoms with Crippen molar-refractivity contribution in [1.82, 2.24) is 25.3 Å². The number of fused-ring (bicyclic) bond motifs is 1. The molecule has 9 heteroatoms. The number of nitrogens with zero attached hydrogens (tertiary/aromatic N) is 3. The number of nitrogens with one attached hydrogen (secondary N) is 2. The molecule has 238 valence electrons. The largest absolute Gasteiger partial charge is 0.343 e. The highest BCUT2D eigenvalue weighted by Crippen LogP contribution is 2.27. The van der Waals surface area contributed by atoms with Crippen molar-refractivity contribution in [3.8, 4) is 0 Å². The number of piperidine rings is 2. The molecule has 8 nitrogen and oxygen atoms in total. The Morgan fingerprint density at radius 3 is 2.16 bits per heavy atom. The minimum atomic E-state index is -0.656. The molecule has 2 saturated heterocycles. The first-order valence-electron chi connectivity index (χ1n) is 16.3. The standard InChI is InChI=1S/C35H48ClN5O3/c1-24(2)23-41(29-12-16-39(17-13-29)25(3)42)30-14-18-40(19-15-30)35(44)33(20-26-8-10-28(36)11-9-26)38-34(43)32-22-37-21-27-6-4-5-7-31(27)32/h4-11,24,29-30,32-33,37H,12-23H2,1-3H3,(H,38,43)/t32-,33+/m0/s1. The zero-order valence-corrected chi connectivity index (χ0v) is 27.2. The molecule has 3 aliphatic heterocycles. The monoisotopic (exact) mass is 621 g/mol. The van der Waals surface area contributed by atoms with Crippen LogP contribution in [0.3, 0.4) is 0 Å². The smallest absolute Gasteiger partial charge is 0.245 e. The van der Waals surface area contributed by atoms with Crippen LogP contribution in [-0.2, 0) is 27.3 Å². The van der Waals surface area contributed by atoms with Crippen LogP contribution >= 0.6 is 11.6 Å². The number of amides is 3. The SMILES string of the molecule is CC(=O)N1CCC(N(CC(C)C)C2CCN(C(=O)[C@@H](Cc3ccc(Cl)cc3)NC(=O)[C@H]3CNCc4ccccc43)CC2)CC1. The molecule has 2 atom stereocenters. The van der Waals surface area contributed by atoms with E-state index in [4.69, 9.17) is 11.6 Å². The van der Waals surface area contributed by atoms with Gasteiger partial charge in [-0.25, -0.2) is 0 Å². The van der Waals surface area contributed by atoms with Crippen LogP contribution in [0.1, 0.15) is 69.1 Å². The molecule has 2 N–H and O–H groups in total. The molecular formula is C35H48ClN5O3. The van der Waals surface area contributed by atoms with Crippen molar-refractivity contribution in [2.24, 2.45) is 5.92 Å². The second-order valence-corrected chi connectivity index (χ2v) is 13.6. The summed E-state index contributed by atoms with van der Waals surface area (Å²) < 4.78 is 0. The number of carbonyl (C=O) groups is 3. The highest BCUT2D eigenvalue weighted by Gasteiger charge is 2.36. The fourth-order valence-electron chi connectivity index (χ4n) is 7.23. The maximum absolute atomic E-state index is 14.1. The highest BCUT2D eigenvalue weighted by molar-refractivity contribution is 6.30. The van der Waals surface area contributed by atoms with Crippen molar-refractivity contribution in [2.45, 2.75) is 83.5 Å². The molecule has 3 heterocycles. The summed E-state index contributed by atoms with van der Waals surface area (Å²) in [5, 5.41) is 7.17. The van der Waals surface area contributed by atoms with Gasteiger partial charge in [0.1, 0.15) is 6.04 Å². The molecule has 0 spiro atoms. The first-order chi connectivity index (χ1) is 21.2. The lowest BCUT2D eigenvalue weighted by molar-refractivity contribution is -0.138. The van der Waals surface area contributed by atoms with E-state index in [-0.39, 0.29) is 23.6 Å². The van der Waals surface area contributed by atoms with E-state index in [9.17, 15) is 14.4 Å². The lowest BCUT2D eigenvalue weighted by Gasteiger charge is -2.46. The number of rotatable bonds is 9. The second kappa shape index (κ2) is 14.9. The number of carbonyl (C=O) groups excluding carboxylic acids is 3. The minimum absolute atomic E-state index is 0.0195. The molecule has 3 amide bonds. The molecule has 5 rings (SSSR count). The molecule has 2 aromatic rings. The van der Waals surface area contributed by atoms with Crippen molar-refractivity contribution in [3.05, 3.63) is 70.2 Å². The first kappa shape index (κ1) is 32.5. The van der Waals surface area contributed by atoms with Gasteiger partial charge < -0.3 is 20.4 Å². The van der Waals surface area contributed by atoms with E-state index in [0.717, 1.165) is 68.6 Å². The maximum Gasteiger partial charge on any atom is 0.245 e. The zero-order chi connectivity index (χ0) is 31.2. The number of hydrogen-bond acceptors (Lipinski definition) is 5. The number of halogens is 1. The van der Waals surface area contributed by atoms with Gasteiger partial charge in [-0.05, 0) is 60.4 Å². The number of benzene rings is 2. The van der Waals surface area contributed by atoms with E-state index in [0.29, 0.717) is 49.1 Å². The average molecular weight is 622 g/mol. The highest BCUT2D eigenvalue weighted by atomic mass is 35.5. The van der Waals surface area contributed by atoms with Crippen LogP contribution in [0.5, 0.6) is 0 Å². The average Bonchev–Trinajstić information content (AvgIpc) is 3.03. The van der Waals surface area contributed by atoms with Gasteiger partial charge in [0.2, 0.25) is 17.7 Å². The summed E-state index contributed by atoms with van der Waals surface area (Å²) in [5.74, 6) is 0.222. The second-order valence-electron chi connectivity index (χ2n) is 13.2. The van der Waals surface area contributed by atoms with E-state index in [1.54, 1.807) is 6.92 Å². The lowest BCUT2D eigenvalue weighted by atomic mass is 9.89. The van der Waals surface area contributed by atoms with Crippen LogP contribution in [-0.4, -0.2) is 89.8 Å². The van der Waals surface area contributed by atoms with E-state index in [1.165, 1.54) is 0 Å². The van der Waals surface area contributed by atoms with Gasteiger partial charge in [-0.2, -0.15) is 0 Å². The molecule has 0 unspecified atom stereocenters. The maximum atomic E-state index is 14.1. The summed E-state index contributed by atoms with van der Waals surface area (Å²) in [4.78, 5) is 46.3. The van der Waals surface area contributed by atoms with Gasteiger partial charge in [0.25, 0.3) is 0 Å². The minimum Gasteiger partial charge on any atom is -0.343 e. The van der Waals surface area contributed by atoms with Crippen LogP contribution in [0.25, 0.3) is 0 Å². The molecule has 3 aliphatic rings. The fourth-order valence-corrected chi connectivity index (χ4v) is 7.35. The molecule has 0 bridgehead atoms. The van der Waals surface area contributed by atoms with Crippen molar-refractivity contribution < 1.29 is 14.4 Å². The molecule has 2 aromatic carbocycles. The van der Waals surface area contributed by atoms with Crippen LogP contribution in [0.4, 0.5) is 0 Å². The molecular weight excluding hydrogens is 574 g/mol. The Bertz CT molecular complexity index is 1290. The van der Waals surface area contributed by atoms with E-state index >= 15 is 0 Å². The topological polar surface area (TPSA) is 85.0 Å². The predicted molar refractivity (Wildman–Crippen MR) is 174 cm³/mol. The van der Waals surface area contributed by atoms with Gasteiger partial charge in [0.05, 0.1) is 5.92 Å². The van der Waals surface area contributed by atoms with E-state index in [1.807, 2.05) is 52.3 Å². The molecule has 0 saturated carbocycles. The van der Waals surface area contributed by atoms with Crippen LogP contribution in [0.2, 0.25) is 5.02 Å². The normalized spacial score (nSPS) is 20.5. The summed E-state index contributed by atoms with van der Waals surface area (Å²) >= 11 is 6.14. The fraction of sp³-hybridized carbons (Fsp3) is 0.571. The van der Waals surface area contributed by atoms with Gasteiger partial charge in [0, 0.05) is 76.3 Å². The Hall–Kier alpha value is -2.94. The molecule has 2 fully saturated rings. The van der Waals surface area contributed by atoms with Gasteiger partial charge in [-0.1, -0.05) is 61.8 Å². The van der Waals surface area contributed by atoms with Crippen molar-refractivity contribution in [1.29, 1.82) is 0 Å². The lowest BCUT2D eigenvalue weighted by Crippen LogP contribution is -2.57. The third-order valence-corrected chi connectivity index (χ3v) is 9.83. The molecule has 0 radical (unpaired) electrons. The van der Waals surface area contributed by atoms with Gasteiger partial charge in [-0.3, -0.25) is 19.3 Å². The zero-order valence-electron chi connectivity index (χ0n) is 26.4. The summed E-state index contributed by atoms with van der Waals surface area (Å²) in [5.41, 5.74) is 3.12. The van der Waals surface area contributed by atoms with E-state index < -0.39 is 6.04 Å². The Kier molecular flexibility index (Phi) is 11.0. The Morgan fingerprint density at radius 1 is 0.932 bits per heavy atom. The number of hydrogen-bond donors (Lipinski definition) is 2. The van der Waals surface area contributed by atoms with Crippen molar-refractivity contribution >= 4 is 29.3 Å². The van der Waals surface area contributed by atoms with Crippen LogP contribution in [0.15, 0.2) is 48.5 Å². The molecule has 0 aliphatic carbocycles. The Balaban J connectivity index is 1.26. The first-order valence-corrected chi connectivity index (χ1v) is 16.7. The Morgan fingerprint density at radius 2 is 1.55 bits per heavy atom. The third-order valence-electron chi connectivity index (χ3n) is 9.58. The van der Waals surface area contributed by atoms with Crippen molar-refractivity contribution in [3.63, 3.8) is 0 Å². The predicted octanol–water partition coefficient (Wildman–Crippen LogP) is 4.21. The summed E-state index contributed by atoms with van der Waals surface area (Å²) in [6, 6.07) is 15.8. The third kappa shape index (κ3) is 8.01. The quantitative estimate of drug-likeness (QED) is 0.438. The molecule has 44 heavy (non-hydrogen) atoms. The van der Waals surface area contributed by atoms with Gasteiger partial charge in [-0.15, -0.1) is 0 Å². The summed E-state index contributed by atoms with van der Waals surface area (Å²) in [6.45, 7) is 11.5. The van der Waals surface area contributed by atoms with E-state index in [2.05, 4.69) is 35.4 Å². The van der Waals surface area contributed by atoms with Gasteiger partial charge in [0.15, 0.2) is 0 Å². The Labute approximate surface area is 267 Å². The van der Waals surface area contributed by atoms with Crippen molar-refractivity contribution in [2.75, 3.05) is 39.3 Å². The summed E-state index contributed by atoms with van der Waals surface area (Å²) in [6.07, 6.45) is 4.23. The van der Waals surface area contributed by atoms with Crippen LogP contribution in [0, 0.1) is 5.92 Å². The number of likely N-dealkylation sites (tertiary alicyclic amines) is 2. The summed E-state index contributed by atoms with van der Waals surface area (Å²) in [7, 11) is 0. The van der Waals surface area contributed by atoms with Crippen LogP contribution < -0.4 is 10.6 Å².